The molecular weight excluding hydrogens is 440 g/mol. The van der Waals surface area contributed by atoms with Crippen molar-refractivity contribution < 1.29 is 49.3 Å². The van der Waals surface area contributed by atoms with E-state index < -0.39 is 42.7 Å². The predicted molar refractivity (Wildman–Crippen MR) is 112 cm³/mol. The Balaban J connectivity index is 1.75. The van der Waals surface area contributed by atoms with Crippen molar-refractivity contribution in [1.82, 2.24) is 0 Å². The van der Waals surface area contributed by atoms with E-state index in [0.717, 1.165) is 12.1 Å². The smallest absolute Gasteiger partial charge is 0.229 e. The van der Waals surface area contributed by atoms with Crippen molar-refractivity contribution >= 4 is 11.0 Å². The monoisotopic (exact) mass is 462 g/mol. The summed E-state index contributed by atoms with van der Waals surface area (Å²) in [5.74, 6) is -0.392. The van der Waals surface area contributed by atoms with Crippen molar-refractivity contribution in [2.24, 2.45) is 0 Å². The first kappa shape index (κ1) is 22.8. The van der Waals surface area contributed by atoms with Gasteiger partial charge >= 0.3 is 0 Å². The van der Waals surface area contributed by atoms with E-state index in [4.69, 9.17) is 18.6 Å². The second-order valence-electron chi connectivity index (χ2n) is 7.49. The van der Waals surface area contributed by atoms with Crippen molar-refractivity contribution in [3.8, 4) is 34.3 Å². The molecule has 0 unspecified atom stereocenters. The summed E-state index contributed by atoms with van der Waals surface area (Å²) in [4.78, 5) is 12.9. The highest BCUT2D eigenvalue weighted by molar-refractivity contribution is 5.86. The number of rotatable bonds is 5. The van der Waals surface area contributed by atoms with Crippen LogP contribution in [0.3, 0.4) is 0 Å². The molecule has 33 heavy (non-hydrogen) atoms. The van der Waals surface area contributed by atoms with E-state index in [9.17, 15) is 35.4 Å². The quantitative estimate of drug-likeness (QED) is 0.302. The number of methoxy groups -OCH3 is 1. The summed E-state index contributed by atoms with van der Waals surface area (Å²) in [5.41, 5.74) is -0.263. The maximum atomic E-state index is 12.9. The molecule has 5 atom stereocenters. The van der Waals surface area contributed by atoms with Crippen LogP contribution in [0.2, 0.25) is 0 Å². The summed E-state index contributed by atoms with van der Waals surface area (Å²) in [6.45, 7) is -0.661. The molecule has 1 aliphatic heterocycles. The molecule has 11 nitrogen and oxygen atoms in total. The van der Waals surface area contributed by atoms with Crippen LogP contribution < -0.4 is 14.9 Å². The summed E-state index contributed by atoms with van der Waals surface area (Å²) < 4.78 is 21.6. The van der Waals surface area contributed by atoms with Crippen molar-refractivity contribution in [3.63, 3.8) is 0 Å². The largest absolute Gasteiger partial charge is 0.508 e. The maximum Gasteiger partial charge on any atom is 0.229 e. The van der Waals surface area contributed by atoms with Crippen LogP contribution in [0.15, 0.2) is 45.6 Å². The Labute approximate surface area is 186 Å². The topological polar surface area (TPSA) is 179 Å². The molecule has 1 fully saturated rings. The van der Waals surface area contributed by atoms with Crippen LogP contribution in [0, 0.1) is 0 Å². The lowest BCUT2D eigenvalue weighted by atomic mass is 9.99. The van der Waals surface area contributed by atoms with E-state index >= 15 is 0 Å². The molecule has 0 bridgehead atoms. The van der Waals surface area contributed by atoms with Crippen molar-refractivity contribution in [2.45, 2.75) is 30.7 Å². The van der Waals surface area contributed by atoms with Crippen LogP contribution in [0.1, 0.15) is 0 Å². The Morgan fingerprint density at radius 3 is 2.39 bits per heavy atom. The third-order valence-electron chi connectivity index (χ3n) is 5.33. The number of phenols is 2. The lowest BCUT2D eigenvalue weighted by Crippen LogP contribution is -2.60. The van der Waals surface area contributed by atoms with Gasteiger partial charge in [-0.05, 0) is 18.2 Å². The third-order valence-corrected chi connectivity index (χ3v) is 5.33. The normalized spacial score (nSPS) is 25.2. The third kappa shape index (κ3) is 4.19. The first-order valence-corrected chi connectivity index (χ1v) is 9.89. The molecule has 11 heteroatoms. The zero-order valence-electron chi connectivity index (χ0n) is 17.3. The lowest BCUT2D eigenvalue weighted by Gasteiger charge is -2.39. The number of hydrogen-bond acceptors (Lipinski definition) is 11. The van der Waals surface area contributed by atoms with Gasteiger partial charge in [0, 0.05) is 23.8 Å². The summed E-state index contributed by atoms with van der Waals surface area (Å²) >= 11 is 0. The molecule has 4 rings (SSSR count). The fraction of sp³-hybridized carbons (Fsp3) is 0.318. The highest BCUT2D eigenvalue weighted by Gasteiger charge is 2.45. The molecule has 1 saturated heterocycles. The lowest BCUT2D eigenvalue weighted by molar-refractivity contribution is -0.277. The van der Waals surface area contributed by atoms with Gasteiger partial charge in [0.15, 0.2) is 16.9 Å². The van der Waals surface area contributed by atoms with Crippen LogP contribution in [0.4, 0.5) is 0 Å². The second-order valence-corrected chi connectivity index (χ2v) is 7.49. The van der Waals surface area contributed by atoms with Crippen LogP contribution >= 0.6 is 0 Å². The van der Waals surface area contributed by atoms with E-state index in [1.165, 1.54) is 25.3 Å². The van der Waals surface area contributed by atoms with E-state index in [1.54, 1.807) is 6.07 Å². The van der Waals surface area contributed by atoms with Crippen molar-refractivity contribution in [2.75, 3.05) is 13.7 Å². The number of ether oxygens (including phenoxy) is 3. The van der Waals surface area contributed by atoms with Gasteiger partial charge < -0.3 is 49.3 Å². The molecule has 2 aromatic carbocycles. The molecule has 0 amide bonds. The molecule has 2 heterocycles. The van der Waals surface area contributed by atoms with Gasteiger partial charge in [0.05, 0.1) is 13.7 Å². The highest BCUT2D eigenvalue weighted by Crippen LogP contribution is 2.35. The zero-order chi connectivity index (χ0) is 23.9. The summed E-state index contributed by atoms with van der Waals surface area (Å²) in [5, 5.41) is 59.5. The van der Waals surface area contributed by atoms with Crippen molar-refractivity contribution in [3.05, 3.63) is 46.6 Å². The molecule has 0 saturated carbocycles. The first-order chi connectivity index (χ1) is 15.7. The van der Waals surface area contributed by atoms with Gasteiger partial charge in [0.25, 0.3) is 0 Å². The number of aromatic hydroxyl groups is 2. The Morgan fingerprint density at radius 2 is 1.73 bits per heavy atom. The number of fused-ring (bicyclic) bond motifs is 1. The summed E-state index contributed by atoms with van der Waals surface area (Å²) in [6, 6.07) is 7.84. The highest BCUT2D eigenvalue weighted by atomic mass is 16.7. The number of aliphatic hydroxyl groups is 4. The van der Waals surface area contributed by atoms with Gasteiger partial charge in [-0.15, -0.1) is 0 Å². The Morgan fingerprint density at radius 1 is 0.970 bits per heavy atom. The molecule has 0 spiro atoms. The molecule has 0 aliphatic carbocycles. The molecule has 176 valence electrons. The van der Waals surface area contributed by atoms with Crippen LogP contribution in [-0.4, -0.2) is 75.1 Å². The zero-order valence-corrected chi connectivity index (χ0v) is 17.3. The van der Waals surface area contributed by atoms with Crippen LogP contribution in [0.25, 0.3) is 22.3 Å². The van der Waals surface area contributed by atoms with Gasteiger partial charge in [0.2, 0.25) is 6.29 Å². The summed E-state index contributed by atoms with van der Waals surface area (Å²) in [6.07, 6.45) is -7.77. The standard InChI is InChI=1S/C22H22O11/c1-30-13-3-2-9(4-11(13)25)14-7-12(26)18-15(31-14)5-10(24)6-16(18)32-22-21(29)20(28)19(27)17(8-23)33-22/h2-7,17,19-25,27-29H,8H2,1H3/t17-,19-,20+,21-,22+/m1/s1. The van der Waals surface area contributed by atoms with E-state index in [-0.39, 0.29) is 39.7 Å². The second kappa shape index (κ2) is 8.89. The van der Waals surface area contributed by atoms with E-state index in [2.05, 4.69) is 0 Å². The SMILES string of the molecule is COc1ccc(-c2cc(=O)c3c(O[C@H]4O[C@H](CO)[C@@H](O)[C@H](O)[C@H]4O)cc(O)cc3o2)cc1O. The Bertz CT molecular complexity index is 1220. The summed E-state index contributed by atoms with van der Waals surface area (Å²) in [7, 11) is 1.39. The molecular formula is C22H22O11. The number of hydrogen-bond donors (Lipinski definition) is 6. The molecule has 3 aromatic rings. The van der Waals surface area contributed by atoms with Gasteiger partial charge in [-0.25, -0.2) is 0 Å². The minimum absolute atomic E-state index is 0.0626. The number of aliphatic hydroxyl groups excluding tert-OH is 4. The predicted octanol–water partition coefficient (Wildman–Crippen LogP) is 0.0585. The fourth-order valence-corrected chi connectivity index (χ4v) is 3.61. The molecule has 1 aliphatic rings. The Hall–Kier alpha value is -3.35. The van der Waals surface area contributed by atoms with E-state index in [0.29, 0.717) is 5.56 Å². The first-order valence-electron chi connectivity index (χ1n) is 9.89. The van der Waals surface area contributed by atoms with Gasteiger partial charge in [-0.3, -0.25) is 4.79 Å². The molecule has 6 N–H and O–H groups in total. The van der Waals surface area contributed by atoms with Crippen LogP contribution in [0.5, 0.6) is 23.0 Å². The minimum Gasteiger partial charge on any atom is -0.508 e. The molecule has 0 radical (unpaired) electrons. The minimum atomic E-state index is -1.71. The number of benzene rings is 2. The molecule has 1 aromatic heterocycles. The van der Waals surface area contributed by atoms with Crippen LogP contribution in [-0.2, 0) is 4.74 Å². The fourth-order valence-electron chi connectivity index (χ4n) is 3.61. The Kier molecular flexibility index (Phi) is 6.15. The van der Waals surface area contributed by atoms with E-state index in [1.807, 2.05) is 0 Å². The number of phenolic OH excluding ortho intramolecular Hbond substituents is 2. The van der Waals surface area contributed by atoms with Gasteiger partial charge in [0.1, 0.15) is 52.6 Å². The maximum absolute atomic E-state index is 12.9. The average molecular weight is 462 g/mol. The van der Waals surface area contributed by atoms with Gasteiger partial charge in [-0.1, -0.05) is 0 Å². The van der Waals surface area contributed by atoms with Crippen molar-refractivity contribution in [1.29, 1.82) is 0 Å². The van der Waals surface area contributed by atoms with Gasteiger partial charge in [-0.2, -0.15) is 0 Å². The average Bonchev–Trinajstić information content (AvgIpc) is 2.78.